The van der Waals surface area contributed by atoms with E-state index in [0.29, 0.717) is 0 Å². The molecule has 0 spiro atoms. The van der Waals surface area contributed by atoms with Crippen molar-refractivity contribution in [2.45, 2.75) is 7.43 Å². The molecule has 4 radical (unpaired) electrons. The molecular formula is CH4AlCuO. The molecule has 0 saturated heterocycles. The topological polar surface area (TPSA) is 28.5 Å². The van der Waals surface area contributed by atoms with Crippen LogP contribution in [0.15, 0.2) is 0 Å². The Hall–Kier alpha value is 1.01. The average molecular weight is 123 g/mol. The van der Waals surface area contributed by atoms with Gasteiger partial charge in [0.15, 0.2) is 0 Å². The van der Waals surface area contributed by atoms with Crippen molar-refractivity contribution in [3.8, 4) is 0 Å². The van der Waals surface area contributed by atoms with Crippen LogP contribution in [-0.4, -0.2) is 17.4 Å². The molecule has 0 saturated carbocycles. The van der Waals surface area contributed by atoms with E-state index in [4.69, 9.17) is 0 Å². The summed E-state index contributed by atoms with van der Waals surface area (Å²) in [4.78, 5) is 0. The predicted octanol–water partition coefficient (Wildman–Crippen LogP) is 0.134. The first-order valence-electron chi connectivity index (χ1n) is 0. The minimum atomic E-state index is 0. The summed E-state index contributed by atoms with van der Waals surface area (Å²) in [6, 6.07) is 0. The third kappa shape index (κ3) is 11.9. The molecular weight excluding hydrogens is 119 g/mol. The van der Waals surface area contributed by atoms with Crippen molar-refractivity contribution < 1.29 is 22.5 Å². The second-order valence-electron chi connectivity index (χ2n) is 0. The molecule has 0 aliphatic rings. The van der Waals surface area contributed by atoms with Crippen LogP contribution in [-0.2, 0) is 22.5 Å². The Kier molecular flexibility index (Phi) is 700. The first kappa shape index (κ1) is 78.8. The standard InChI is InChI=1S/CH4.Al.Cu.O/h1H4;;;/q;;+2;-2. The Morgan fingerprint density at radius 2 is 1.00 bits per heavy atom. The summed E-state index contributed by atoms with van der Waals surface area (Å²) >= 11 is 0. The molecule has 0 N–H and O–H groups in total. The van der Waals surface area contributed by atoms with Gasteiger partial charge in [0.05, 0.1) is 0 Å². The van der Waals surface area contributed by atoms with Crippen LogP contribution in [0.3, 0.4) is 0 Å². The van der Waals surface area contributed by atoms with Crippen LogP contribution >= 0.6 is 0 Å². The molecule has 0 unspecified atom stereocenters. The molecule has 0 heterocycles. The van der Waals surface area contributed by atoms with Gasteiger partial charge < -0.3 is 5.48 Å². The zero-order valence-corrected chi connectivity index (χ0v) is 3.38. The van der Waals surface area contributed by atoms with Crippen molar-refractivity contribution in [3.05, 3.63) is 0 Å². The largest absolute Gasteiger partial charge is 2.00 e. The SMILES string of the molecule is C.[Al].[Cu+2].[O-2]. The summed E-state index contributed by atoms with van der Waals surface area (Å²) in [6.07, 6.45) is 0. The van der Waals surface area contributed by atoms with Crippen molar-refractivity contribution in [2.24, 2.45) is 0 Å². The summed E-state index contributed by atoms with van der Waals surface area (Å²) in [7, 11) is 0. The van der Waals surface area contributed by atoms with E-state index in [-0.39, 0.29) is 47.3 Å². The van der Waals surface area contributed by atoms with E-state index in [1.807, 2.05) is 0 Å². The van der Waals surface area contributed by atoms with E-state index in [1.165, 1.54) is 0 Å². The van der Waals surface area contributed by atoms with Gasteiger partial charge in [-0.2, -0.15) is 0 Å². The van der Waals surface area contributed by atoms with Gasteiger partial charge in [0, 0.05) is 17.4 Å². The van der Waals surface area contributed by atoms with Crippen LogP contribution in [0.4, 0.5) is 0 Å². The Bertz CT molecular complexity index is 8.00. The van der Waals surface area contributed by atoms with Gasteiger partial charge in [-0.25, -0.2) is 0 Å². The first-order chi connectivity index (χ1) is 0. The van der Waals surface area contributed by atoms with Gasteiger partial charge in [-0.15, -0.1) is 0 Å². The van der Waals surface area contributed by atoms with Crippen molar-refractivity contribution in [1.82, 2.24) is 0 Å². The maximum Gasteiger partial charge on any atom is 2.00 e. The number of rotatable bonds is 0. The van der Waals surface area contributed by atoms with Crippen LogP contribution in [0, 0.1) is 0 Å². The fourth-order valence-electron chi connectivity index (χ4n) is 0. The normalized spacial score (nSPS) is 0. The molecule has 0 aromatic heterocycles. The molecule has 0 aliphatic heterocycles. The molecule has 1 nitrogen and oxygen atoms in total. The predicted molar refractivity (Wildman–Crippen MR) is 13.2 cm³/mol. The van der Waals surface area contributed by atoms with Crippen molar-refractivity contribution in [3.63, 3.8) is 0 Å². The van der Waals surface area contributed by atoms with Gasteiger partial charge >= 0.3 is 17.1 Å². The van der Waals surface area contributed by atoms with Gasteiger partial charge in [0.2, 0.25) is 0 Å². The van der Waals surface area contributed by atoms with Crippen molar-refractivity contribution >= 4 is 17.4 Å². The second-order valence-corrected chi connectivity index (χ2v) is 0. The average Bonchev–Trinajstić information content (AvgIpc) is 0. The summed E-state index contributed by atoms with van der Waals surface area (Å²) in [6.45, 7) is 0. The minimum absolute atomic E-state index is 0. The summed E-state index contributed by atoms with van der Waals surface area (Å²) < 4.78 is 0. The molecule has 28 valence electrons. The molecule has 4 heavy (non-hydrogen) atoms. The van der Waals surface area contributed by atoms with E-state index >= 15 is 0 Å². The molecule has 3 heteroatoms. The molecule has 0 aliphatic carbocycles. The van der Waals surface area contributed by atoms with Crippen molar-refractivity contribution in [2.75, 3.05) is 0 Å². The fraction of sp³-hybridized carbons (Fsp3) is 1.00. The van der Waals surface area contributed by atoms with E-state index < -0.39 is 0 Å². The molecule has 0 aromatic carbocycles. The van der Waals surface area contributed by atoms with Gasteiger partial charge in [-0.05, 0) is 0 Å². The third-order valence-corrected chi connectivity index (χ3v) is 0. The third-order valence-electron chi connectivity index (χ3n) is 0. The summed E-state index contributed by atoms with van der Waals surface area (Å²) in [5, 5.41) is 0. The maximum atomic E-state index is 0. The van der Waals surface area contributed by atoms with Crippen LogP contribution in [0.25, 0.3) is 0 Å². The fourth-order valence-corrected chi connectivity index (χ4v) is 0. The Labute approximate surface area is 47.7 Å². The minimum Gasteiger partial charge on any atom is -2.00 e. The zero-order chi connectivity index (χ0) is 0. The van der Waals surface area contributed by atoms with Crippen LogP contribution in [0.2, 0.25) is 0 Å². The summed E-state index contributed by atoms with van der Waals surface area (Å²) in [5.41, 5.74) is 0. The summed E-state index contributed by atoms with van der Waals surface area (Å²) in [5.74, 6) is 0. The molecule has 0 fully saturated rings. The van der Waals surface area contributed by atoms with Crippen LogP contribution in [0.1, 0.15) is 7.43 Å². The second kappa shape index (κ2) is 35.5. The van der Waals surface area contributed by atoms with Crippen molar-refractivity contribution in [1.29, 1.82) is 0 Å². The van der Waals surface area contributed by atoms with E-state index in [2.05, 4.69) is 0 Å². The molecule has 0 aromatic rings. The Balaban J connectivity index is 0. The maximum absolute atomic E-state index is 0. The van der Waals surface area contributed by atoms with Gasteiger partial charge in [-0.3, -0.25) is 0 Å². The smallest absolute Gasteiger partial charge is 2.00 e. The monoisotopic (exact) mass is 122 g/mol. The van der Waals surface area contributed by atoms with E-state index in [1.54, 1.807) is 0 Å². The Morgan fingerprint density at radius 3 is 1.00 bits per heavy atom. The molecule has 0 amide bonds. The quantitative estimate of drug-likeness (QED) is 0.409. The molecule has 0 rings (SSSR count). The van der Waals surface area contributed by atoms with Crippen LogP contribution < -0.4 is 0 Å². The van der Waals surface area contributed by atoms with E-state index in [9.17, 15) is 0 Å². The van der Waals surface area contributed by atoms with Gasteiger partial charge in [0.25, 0.3) is 0 Å². The van der Waals surface area contributed by atoms with E-state index in [0.717, 1.165) is 0 Å². The number of hydrogen-bond donors (Lipinski definition) is 0. The molecule has 0 bridgehead atoms. The van der Waals surface area contributed by atoms with Gasteiger partial charge in [-0.1, -0.05) is 7.43 Å². The Morgan fingerprint density at radius 1 is 1.00 bits per heavy atom. The molecule has 0 atom stereocenters. The number of hydrogen-bond acceptors (Lipinski definition) is 0. The van der Waals surface area contributed by atoms with Crippen LogP contribution in [0.5, 0.6) is 0 Å². The first-order valence-corrected chi connectivity index (χ1v) is 0. The zero-order valence-electron chi connectivity index (χ0n) is 1.29. The van der Waals surface area contributed by atoms with Gasteiger partial charge in [0.1, 0.15) is 0 Å².